The van der Waals surface area contributed by atoms with Crippen LogP contribution in [0.25, 0.3) is 0 Å². The maximum absolute atomic E-state index is 12.3. The Labute approximate surface area is 139 Å². The Kier molecular flexibility index (Phi) is 4.67. The second kappa shape index (κ2) is 7.23. The molecule has 3 rings (SSSR count). The van der Waals surface area contributed by atoms with Crippen molar-refractivity contribution in [2.45, 2.75) is 0 Å². The van der Waals surface area contributed by atoms with E-state index in [0.717, 1.165) is 11.4 Å². The number of benzene rings is 2. The quantitative estimate of drug-likeness (QED) is 0.752. The summed E-state index contributed by atoms with van der Waals surface area (Å²) in [5.41, 5.74) is 1.76. The fraction of sp³-hybridized carbons (Fsp3) is 0.0556. The average molecular weight is 320 g/mol. The smallest absolute Gasteiger partial charge is 0.274 e. The lowest BCUT2D eigenvalue weighted by molar-refractivity contribution is 0.102. The Balaban J connectivity index is 1.75. The van der Waals surface area contributed by atoms with Gasteiger partial charge < -0.3 is 15.4 Å². The molecule has 0 spiro atoms. The van der Waals surface area contributed by atoms with E-state index in [0.29, 0.717) is 11.6 Å². The molecule has 2 N–H and O–H groups in total. The molecule has 0 saturated carbocycles. The number of amides is 1. The molecule has 120 valence electrons. The molecule has 1 heterocycles. The van der Waals surface area contributed by atoms with Gasteiger partial charge in [-0.25, -0.2) is 9.97 Å². The molecule has 0 bridgehead atoms. The summed E-state index contributed by atoms with van der Waals surface area (Å²) in [5, 5.41) is 5.85. The first kappa shape index (κ1) is 15.5. The van der Waals surface area contributed by atoms with Gasteiger partial charge in [0.15, 0.2) is 0 Å². The molecule has 0 aliphatic heterocycles. The van der Waals surface area contributed by atoms with Gasteiger partial charge in [-0.15, -0.1) is 0 Å². The zero-order valence-corrected chi connectivity index (χ0v) is 13.1. The van der Waals surface area contributed by atoms with Crippen molar-refractivity contribution >= 4 is 23.2 Å². The van der Waals surface area contributed by atoms with Crippen molar-refractivity contribution in [3.63, 3.8) is 0 Å². The normalized spacial score (nSPS) is 10.0. The van der Waals surface area contributed by atoms with Crippen LogP contribution in [0.3, 0.4) is 0 Å². The number of carbonyl (C=O) groups is 1. The van der Waals surface area contributed by atoms with E-state index in [2.05, 4.69) is 20.6 Å². The standard InChI is InChI=1S/C18H16N4O2/c1-24-15-9-5-8-14(12-15)21-18-19-11-10-16(22-18)17(23)20-13-6-3-2-4-7-13/h2-12H,1H3,(H,20,23)(H,19,21,22). The van der Waals surface area contributed by atoms with Crippen LogP contribution in [-0.4, -0.2) is 23.0 Å². The lowest BCUT2D eigenvalue weighted by Gasteiger charge is -2.08. The van der Waals surface area contributed by atoms with Gasteiger partial charge in [0, 0.05) is 23.6 Å². The third-order valence-electron chi connectivity index (χ3n) is 3.25. The molecule has 0 fully saturated rings. The highest BCUT2D eigenvalue weighted by molar-refractivity contribution is 6.02. The summed E-state index contributed by atoms with van der Waals surface area (Å²) in [5.74, 6) is 0.763. The topological polar surface area (TPSA) is 76.1 Å². The molecular formula is C18H16N4O2. The van der Waals surface area contributed by atoms with Gasteiger partial charge in [0.2, 0.25) is 5.95 Å². The van der Waals surface area contributed by atoms with E-state index in [1.807, 2.05) is 54.6 Å². The van der Waals surface area contributed by atoms with Crippen LogP contribution >= 0.6 is 0 Å². The van der Waals surface area contributed by atoms with Crippen molar-refractivity contribution < 1.29 is 9.53 Å². The summed E-state index contributed by atoms with van der Waals surface area (Å²) in [6.07, 6.45) is 1.54. The van der Waals surface area contributed by atoms with Crippen molar-refractivity contribution in [3.8, 4) is 5.75 Å². The average Bonchev–Trinajstić information content (AvgIpc) is 2.63. The first-order valence-electron chi connectivity index (χ1n) is 7.35. The number of ether oxygens (including phenoxy) is 1. The van der Waals surface area contributed by atoms with E-state index in [1.165, 1.54) is 6.20 Å². The molecule has 6 heteroatoms. The van der Waals surface area contributed by atoms with Gasteiger partial charge in [0.1, 0.15) is 11.4 Å². The van der Waals surface area contributed by atoms with E-state index < -0.39 is 0 Å². The van der Waals surface area contributed by atoms with Crippen LogP contribution in [0.1, 0.15) is 10.5 Å². The van der Waals surface area contributed by atoms with Crippen LogP contribution in [0.15, 0.2) is 66.9 Å². The van der Waals surface area contributed by atoms with E-state index in [9.17, 15) is 4.79 Å². The number of aromatic nitrogens is 2. The Morgan fingerprint density at radius 1 is 1.00 bits per heavy atom. The van der Waals surface area contributed by atoms with Gasteiger partial charge in [-0.2, -0.15) is 0 Å². The van der Waals surface area contributed by atoms with Crippen molar-refractivity contribution in [2.75, 3.05) is 17.7 Å². The molecule has 0 unspecified atom stereocenters. The predicted molar refractivity (Wildman–Crippen MR) is 92.7 cm³/mol. The molecule has 0 saturated heterocycles. The van der Waals surface area contributed by atoms with E-state index in [4.69, 9.17) is 4.74 Å². The Hall–Kier alpha value is -3.41. The molecule has 6 nitrogen and oxygen atoms in total. The molecule has 1 aromatic heterocycles. The van der Waals surface area contributed by atoms with Crippen molar-refractivity contribution in [1.29, 1.82) is 0 Å². The van der Waals surface area contributed by atoms with Crippen LogP contribution < -0.4 is 15.4 Å². The fourth-order valence-electron chi connectivity index (χ4n) is 2.09. The summed E-state index contributed by atoms with van der Waals surface area (Å²) < 4.78 is 5.18. The van der Waals surface area contributed by atoms with Gasteiger partial charge in [-0.1, -0.05) is 24.3 Å². The predicted octanol–water partition coefficient (Wildman–Crippen LogP) is 3.48. The summed E-state index contributed by atoms with van der Waals surface area (Å²) in [6.45, 7) is 0. The van der Waals surface area contributed by atoms with Crippen LogP contribution in [0, 0.1) is 0 Å². The van der Waals surface area contributed by atoms with E-state index in [-0.39, 0.29) is 11.6 Å². The second-order valence-corrected chi connectivity index (χ2v) is 4.94. The third-order valence-corrected chi connectivity index (χ3v) is 3.25. The first-order chi connectivity index (χ1) is 11.7. The molecule has 3 aromatic rings. The van der Waals surface area contributed by atoms with Gasteiger partial charge in [-0.05, 0) is 30.3 Å². The number of hydrogen-bond acceptors (Lipinski definition) is 5. The largest absolute Gasteiger partial charge is 0.497 e. The lowest BCUT2D eigenvalue weighted by atomic mass is 10.3. The van der Waals surface area contributed by atoms with Crippen molar-refractivity contribution in [3.05, 3.63) is 72.6 Å². The highest BCUT2D eigenvalue weighted by atomic mass is 16.5. The number of anilines is 3. The molecule has 24 heavy (non-hydrogen) atoms. The Bertz CT molecular complexity index is 837. The number of nitrogens with one attached hydrogen (secondary N) is 2. The Morgan fingerprint density at radius 2 is 1.79 bits per heavy atom. The molecular weight excluding hydrogens is 304 g/mol. The fourth-order valence-corrected chi connectivity index (χ4v) is 2.09. The molecule has 0 atom stereocenters. The van der Waals surface area contributed by atoms with Crippen molar-refractivity contribution in [2.24, 2.45) is 0 Å². The number of para-hydroxylation sites is 1. The summed E-state index contributed by atoms with van der Waals surface area (Å²) in [4.78, 5) is 20.7. The monoisotopic (exact) mass is 320 g/mol. The molecule has 0 radical (unpaired) electrons. The lowest BCUT2D eigenvalue weighted by Crippen LogP contribution is -2.14. The molecule has 1 amide bonds. The maximum atomic E-state index is 12.3. The summed E-state index contributed by atoms with van der Waals surface area (Å²) in [6, 6.07) is 18.2. The van der Waals surface area contributed by atoms with Crippen LogP contribution in [-0.2, 0) is 0 Å². The van der Waals surface area contributed by atoms with Crippen molar-refractivity contribution in [1.82, 2.24) is 9.97 Å². The van der Waals surface area contributed by atoms with Gasteiger partial charge in [-0.3, -0.25) is 4.79 Å². The third kappa shape index (κ3) is 3.86. The first-order valence-corrected chi connectivity index (χ1v) is 7.35. The molecule has 2 aromatic carbocycles. The highest BCUT2D eigenvalue weighted by Crippen LogP contribution is 2.19. The summed E-state index contributed by atoms with van der Waals surface area (Å²) >= 11 is 0. The minimum atomic E-state index is -0.294. The number of rotatable bonds is 5. The number of carbonyl (C=O) groups excluding carboxylic acids is 1. The van der Waals surface area contributed by atoms with Crippen LogP contribution in [0.4, 0.5) is 17.3 Å². The highest BCUT2D eigenvalue weighted by Gasteiger charge is 2.09. The minimum Gasteiger partial charge on any atom is -0.497 e. The zero-order valence-electron chi connectivity index (χ0n) is 13.1. The van der Waals surface area contributed by atoms with E-state index >= 15 is 0 Å². The SMILES string of the molecule is COc1cccc(Nc2nccc(C(=O)Nc3ccccc3)n2)c1. The maximum Gasteiger partial charge on any atom is 0.274 e. The van der Waals surface area contributed by atoms with Crippen LogP contribution in [0.2, 0.25) is 0 Å². The van der Waals surface area contributed by atoms with Gasteiger partial charge in [0.25, 0.3) is 5.91 Å². The summed E-state index contributed by atoms with van der Waals surface area (Å²) in [7, 11) is 1.60. The van der Waals surface area contributed by atoms with E-state index in [1.54, 1.807) is 13.2 Å². The minimum absolute atomic E-state index is 0.277. The molecule has 0 aliphatic rings. The number of hydrogen-bond donors (Lipinski definition) is 2. The molecule has 0 aliphatic carbocycles. The number of methoxy groups -OCH3 is 1. The van der Waals surface area contributed by atoms with Gasteiger partial charge >= 0.3 is 0 Å². The Morgan fingerprint density at radius 3 is 2.58 bits per heavy atom. The zero-order chi connectivity index (χ0) is 16.8. The number of nitrogens with zero attached hydrogens (tertiary/aromatic N) is 2. The van der Waals surface area contributed by atoms with Crippen LogP contribution in [0.5, 0.6) is 5.75 Å². The van der Waals surface area contributed by atoms with Gasteiger partial charge in [0.05, 0.1) is 7.11 Å². The second-order valence-electron chi connectivity index (χ2n) is 4.94.